The zero-order valence-electron chi connectivity index (χ0n) is 10.8. The lowest BCUT2D eigenvalue weighted by Crippen LogP contribution is -2.11. The molecule has 18 heavy (non-hydrogen) atoms. The minimum Gasteiger partial charge on any atom is -0.382 e. The Balaban J connectivity index is 2.42. The fraction of sp³-hybridized carbons (Fsp3) is 0.500. The number of aliphatic hydroxyl groups excluding tert-OH is 1. The lowest BCUT2D eigenvalue weighted by molar-refractivity contribution is 0.205. The summed E-state index contributed by atoms with van der Waals surface area (Å²) >= 11 is 3.45. The van der Waals surface area contributed by atoms with E-state index in [4.69, 9.17) is 0 Å². The van der Waals surface area contributed by atoms with Gasteiger partial charge in [-0.1, -0.05) is 6.92 Å². The second kappa shape index (κ2) is 5.24. The van der Waals surface area contributed by atoms with Crippen LogP contribution >= 0.6 is 15.9 Å². The van der Waals surface area contributed by atoms with Gasteiger partial charge in [-0.3, -0.25) is 9.36 Å². The van der Waals surface area contributed by atoms with E-state index in [-0.39, 0.29) is 0 Å². The monoisotopic (exact) mass is 312 g/mol. The van der Waals surface area contributed by atoms with E-state index in [1.165, 1.54) is 0 Å². The summed E-state index contributed by atoms with van der Waals surface area (Å²) in [6.07, 6.45) is 3.83. The molecule has 1 N–H and O–H groups in total. The molecule has 0 saturated carbocycles. The maximum atomic E-state index is 10.5. The van der Waals surface area contributed by atoms with E-state index in [0.29, 0.717) is 0 Å². The van der Waals surface area contributed by atoms with E-state index in [0.717, 1.165) is 34.4 Å². The van der Waals surface area contributed by atoms with E-state index < -0.39 is 6.10 Å². The van der Waals surface area contributed by atoms with Crippen LogP contribution in [0.4, 0.5) is 0 Å². The van der Waals surface area contributed by atoms with Crippen molar-refractivity contribution >= 4 is 15.9 Å². The molecule has 0 aliphatic heterocycles. The SMILES string of the molecule is CCCn1ncc(Br)c1C(O)c1cn(C)nc1C. The van der Waals surface area contributed by atoms with Crippen molar-refractivity contribution < 1.29 is 5.11 Å². The van der Waals surface area contributed by atoms with Crippen LogP contribution in [0.25, 0.3) is 0 Å². The molecule has 5 nitrogen and oxygen atoms in total. The van der Waals surface area contributed by atoms with Crippen LogP contribution in [0.5, 0.6) is 0 Å². The van der Waals surface area contributed by atoms with Crippen LogP contribution in [0.3, 0.4) is 0 Å². The molecule has 0 spiro atoms. The lowest BCUT2D eigenvalue weighted by Gasteiger charge is -2.13. The largest absolute Gasteiger partial charge is 0.382 e. The Morgan fingerprint density at radius 2 is 2.22 bits per heavy atom. The summed E-state index contributed by atoms with van der Waals surface area (Å²) in [4.78, 5) is 0. The number of hydrogen-bond acceptors (Lipinski definition) is 3. The summed E-state index contributed by atoms with van der Waals surface area (Å²) in [5.41, 5.74) is 2.44. The Labute approximate surface area is 115 Å². The summed E-state index contributed by atoms with van der Waals surface area (Å²) in [7, 11) is 1.85. The Kier molecular flexibility index (Phi) is 3.87. The predicted octanol–water partition coefficient (Wildman–Crippen LogP) is 2.18. The van der Waals surface area contributed by atoms with Gasteiger partial charge in [0.05, 0.1) is 22.1 Å². The third kappa shape index (κ3) is 2.35. The summed E-state index contributed by atoms with van der Waals surface area (Å²) in [6, 6.07) is 0. The normalized spacial score (nSPS) is 12.9. The summed E-state index contributed by atoms with van der Waals surface area (Å²) < 4.78 is 4.37. The van der Waals surface area contributed by atoms with Crippen molar-refractivity contribution in [1.82, 2.24) is 19.6 Å². The number of aryl methyl sites for hydroxylation is 3. The van der Waals surface area contributed by atoms with Gasteiger partial charge in [0, 0.05) is 25.4 Å². The second-order valence-electron chi connectivity index (χ2n) is 4.35. The van der Waals surface area contributed by atoms with Gasteiger partial charge in [-0.25, -0.2) is 0 Å². The smallest absolute Gasteiger partial charge is 0.125 e. The fourth-order valence-corrected chi connectivity index (χ4v) is 2.58. The number of hydrogen-bond donors (Lipinski definition) is 1. The third-order valence-electron chi connectivity index (χ3n) is 2.87. The maximum absolute atomic E-state index is 10.5. The third-order valence-corrected chi connectivity index (χ3v) is 3.48. The first-order valence-electron chi connectivity index (χ1n) is 5.94. The molecule has 2 rings (SSSR count). The van der Waals surface area contributed by atoms with Gasteiger partial charge in [0.1, 0.15) is 6.10 Å². The molecule has 0 bridgehead atoms. The van der Waals surface area contributed by atoms with Gasteiger partial charge in [0.25, 0.3) is 0 Å². The van der Waals surface area contributed by atoms with Crippen LogP contribution in [-0.4, -0.2) is 24.7 Å². The van der Waals surface area contributed by atoms with Crippen molar-refractivity contribution in [2.24, 2.45) is 7.05 Å². The standard InChI is InChI=1S/C12H17BrN4O/c1-4-5-17-11(10(13)6-14-17)12(18)9-7-16(3)15-8(9)2/h6-7,12,18H,4-5H2,1-3H3. The highest BCUT2D eigenvalue weighted by molar-refractivity contribution is 9.10. The van der Waals surface area contributed by atoms with Crippen LogP contribution in [0.1, 0.15) is 36.4 Å². The van der Waals surface area contributed by atoms with Gasteiger partial charge in [0.15, 0.2) is 0 Å². The predicted molar refractivity (Wildman–Crippen MR) is 72.2 cm³/mol. The van der Waals surface area contributed by atoms with Gasteiger partial charge in [-0.05, 0) is 29.3 Å². The molecule has 1 unspecified atom stereocenters. The van der Waals surface area contributed by atoms with Crippen LogP contribution in [-0.2, 0) is 13.6 Å². The summed E-state index contributed by atoms with van der Waals surface area (Å²) in [6.45, 7) is 4.77. The van der Waals surface area contributed by atoms with E-state index in [1.807, 2.05) is 24.9 Å². The van der Waals surface area contributed by atoms with Crippen LogP contribution in [0, 0.1) is 6.92 Å². The molecule has 1 atom stereocenters. The molecule has 2 aromatic rings. The number of aliphatic hydroxyl groups is 1. The minimum absolute atomic E-state index is 0.706. The van der Waals surface area contributed by atoms with Crippen molar-refractivity contribution in [3.63, 3.8) is 0 Å². The van der Waals surface area contributed by atoms with Crippen LogP contribution < -0.4 is 0 Å². The van der Waals surface area contributed by atoms with Crippen molar-refractivity contribution in [2.45, 2.75) is 32.9 Å². The van der Waals surface area contributed by atoms with E-state index in [2.05, 4.69) is 33.1 Å². The molecule has 2 heterocycles. The van der Waals surface area contributed by atoms with E-state index >= 15 is 0 Å². The number of halogens is 1. The zero-order valence-corrected chi connectivity index (χ0v) is 12.3. The Bertz CT molecular complexity index is 546. The molecular weight excluding hydrogens is 296 g/mol. The molecule has 0 saturated heterocycles. The van der Waals surface area contributed by atoms with Gasteiger partial charge in [0.2, 0.25) is 0 Å². The van der Waals surface area contributed by atoms with Crippen molar-refractivity contribution in [3.8, 4) is 0 Å². The maximum Gasteiger partial charge on any atom is 0.125 e. The van der Waals surface area contributed by atoms with Crippen molar-refractivity contribution in [3.05, 3.63) is 33.8 Å². The molecule has 0 aromatic carbocycles. The first kappa shape index (κ1) is 13.3. The van der Waals surface area contributed by atoms with E-state index in [1.54, 1.807) is 10.9 Å². The molecule has 0 aliphatic rings. The Morgan fingerprint density at radius 1 is 1.50 bits per heavy atom. The van der Waals surface area contributed by atoms with Crippen molar-refractivity contribution in [2.75, 3.05) is 0 Å². The minimum atomic E-state index is -0.706. The van der Waals surface area contributed by atoms with Gasteiger partial charge in [-0.2, -0.15) is 10.2 Å². The molecule has 2 aromatic heterocycles. The Hall–Kier alpha value is -1.14. The van der Waals surface area contributed by atoms with Crippen LogP contribution in [0.2, 0.25) is 0 Å². The van der Waals surface area contributed by atoms with Gasteiger partial charge < -0.3 is 5.11 Å². The topological polar surface area (TPSA) is 55.9 Å². The van der Waals surface area contributed by atoms with Gasteiger partial charge >= 0.3 is 0 Å². The molecule has 0 amide bonds. The average molecular weight is 313 g/mol. The highest BCUT2D eigenvalue weighted by atomic mass is 79.9. The van der Waals surface area contributed by atoms with Gasteiger partial charge in [-0.15, -0.1) is 0 Å². The summed E-state index contributed by atoms with van der Waals surface area (Å²) in [5.74, 6) is 0. The second-order valence-corrected chi connectivity index (χ2v) is 5.20. The van der Waals surface area contributed by atoms with E-state index in [9.17, 15) is 5.11 Å². The number of aromatic nitrogens is 4. The summed E-state index contributed by atoms with van der Waals surface area (Å²) in [5, 5.41) is 19.0. The number of nitrogens with zero attached hydrogens (tertiary/aromatic N) is 4. The Morgan fingerprint density at radius 3 is 2.78 bits per heavy atom. The molecule has 0 aliphatic carbocycles. The van der Waals surface area contributed by atoms with Crippen LogP contribution in [0.15, 0.2) is 16.9 Å². The molecule has 6 heteroatoms. The highest BCUT2D eigenvalue weighted by Crippen LogP contribution is 2.29. The molecular formula is C12H17BrN4O. The first-order valence-corrected chi connectivity index (χ1v) is 6.73. The first-order chi connectivity index (χ1) is 8.54. The van der Waals surface area contributed by atoms with Crippen molar-refractivity contribution in [1.29, 1.82) is 0 Å². The highest BCUT2D eigenvalue weighted by Gasteiger charge is 2.22. The number of rotatable bonds is 4. The quantitative estimate of drug-likeness (QED) is 0.941. The fourth-order valence-electron chi connectivity index (χ4n) is 2.07. The average Bonchev–Trinajstić information content (AvgIpc) is 2.82. The lowest BCUT2D eigenvalue weighted by atomic mass is 10.1. The molecule has 0 fully saturated rings. The molecule has 98 valence electrons. The zero-order chi connectivity index (χ0) is 13.3. The molecule has 0 radical (unpaired) electrons.